The van der Waals surface area contributed by atoms with Crippen molar-refractivity contribution in [1.29, 1.82) is 0 Å². The maximum Gasteiger partial charge on any atom is 0.257 e. The molecular formula is C19H19NO4. The zero-order valence-electron chi connectivity index (χ0n) is 13.5. The van der Waals surface area contributed by atoms with Gasteiger partial charge in [-0.3, -0.25) is 4.79 Å². The number of methoxy groups -OCH3 is 1. The first-order chi connectivity index (χ1) is 11.6. The van der Waals surface area contributed by atoms with E-state index in [-0.39, 0.29) is 5.91 Å². The molecule has 1 aliphatic heterocycles. The van der Waals surface area contributed by atoms with Crippen LogP contribution in [0.2, 0.25) is 0 Å². The van der Waals surface area contributed by atoms with E-state index in [2.05, 4.69) is 11.8 Å². The lowest BCUT2D eigenvalue weighted by Gasteiger charge is -2.34. The Labute approximate surface area is 140 Å². The Hall–Kier alpha value is -2.71. The molecule has 124 valence electrons. The third-order valence-corrected chi connectivity index (χ3v) is 4.16. The second kappa shape index (κ2) is 6.81. The Morgan fingerprint density at radius 2 is 2.12 bits per heavy atom. The number of furan rings is 1. The third kappa shape index (κ3) is 3.61. The quantitative estimate of drug-likeness (QED) is 0.861. The zero-order chi connectivity index (χ0) is 17.0. The number of aliphatic hydroxyl groups is 1. The van der Waals surface area contributed by atoms with Crippen LogP contribution in [0.15, 0.2) is 47.3 Å². The highest BCUT2D eigenvalue weighted by molar-refractivity contribution is 5.93. The fourth-order valence-corrected chi connectivity index (χ4v) is 2.66. The van der Waals surface area contributed by atoms with Crippen LogP contribution in [-0.4, -0.2) is 41.7 Å². The van der Waals surface area contributed by atoms with Crippen molar-refractivity contribution in [1.82, 2.24) is 4.90 Å². The van der Waals surface area contributed by atoms with Crippen molar-refractivity contribution in [3.05, 3.63) is 54.0 Å². The summed E-state index contributed by atoms with van der Waals surface area (Å²) in [5.74, 6) is 6.61. The van der Waals surface area contributed by atoms with E-state index in [4.69, 9.17) is 9.15 Å². The largest absolute Gasteiger partial charge is 0.497 e. The third-order valence-electron chi connectivity index (χ3n) is 4.16. The van der Waals surface area contributed by atoms with Gasteiger partial charge in [0.05, 0.1) is 18.9 Å². The predicted octanol–water partition coefficient (Wildman–Crippen LogP) is 2.31. The van der Waals surface area contributed by atoms with Crippen LogP contribution in [-0.2, 0) is 0 Å². The molecule has 1 aromatic heterocycles. The van der Waals surface area contributed by atoms with Gasteiger partial charge in [0.1, 0.15) is 17.6 Å². The van der Waals surface area contributed by atoms with E-state index in [1.54, 1.807) is 18.1 Å². The smallest absolute Gasteiger partial charge is 0.257 e. The number of hydrogen-bond acceptors (Lipinski definition) is 4. The van der Waals surface area contributed by atoms with Gasteiger partial charge in [0.15, 0.2) is 0 Å². The summed E-state index contributed by atoms with van der Waals surface area (Å²) in [6, 6.07) is 9.05. The second-order valence-corrected chi connectivity index (χ2v) is 5.82. The van der Waals surface area contributed by atoms with Gasteiger partial charge >= 0.3 is 0 Å². The molecular weight excluding hydrogens is 306 g/mol. The molecule has 0 radical (unpaired) electrons. The van der Waals surface area contributed by atoms with Gasteiger partial charge < -0.3 is 19.2 Å². The van der Waals surface area contributed by atoms with Crippen LogP contribution in [0.4, 0.5) is 0 Å². The fraction of sp³-hybridized carbons (Fsp3) is 0.316. The summed E-state index contributed by atoms with van der Waals surface area (Å²) >= 11 is 0. The van der Waals surface area contributed by atoms with Crippen molar-refractivity contribution in [3.63, 3.8) is 0 Å². The number of nitrogens with zero attached hydrogens (tertiary/aromatic N) is 1. The first kappa shape index (κ1) is 16.2. The second-order valence-electron chi connectivity index (χ2n) is 5.82. The summed E-state index contributed by atoms with van der Waals surface area (Å²) in [6.45, 7) is 0.931. The number of carbonyl (C=O) groups is 1. The minimum atomic E-state index is -1.07. The highest BCUT2D eigenvalue weighted by atomic mass is 16.5. The average molecular weight is 325 g/mol. The minimum absolute atomic E-state index is 0.0773. The molecule has 1 amide bonds. The standard InChI is InChI=1S/C19H19NO4/c1-23-17-4-2-3-15(13-17)5-7-19(22)8-10-20(11-9-19)18(21)16-6-12-24-14-16/h2-4,6,12-14,22H,8-11H2,1H3. The Bertz CT molecular complexity index is 762. The number of ether oxygens (including phenoxy) is 1. The monoisotopic (exact) mass is 325 g/mol. The Balaban J connectivity index is 1.65. The van der Waals surface area contributed by atoms with Gasteiger partial charge in [-0.1, -0.05) is 17.9 Å². The molecule has 0 saturated carbocycles. The maximum atomic E-state index is 12.3. The molecule has 1 saturated heterocycles. The lowest BCUT2D eigenvalue weighted by Crippen LogP contribution is -2.46. The molecule has 2 heterocycles. The van der Waals surface area contributed by atoms with Crippen molar-refractivity contribution in [2.24, 2.45) is 0 Å². The van der Waals surface area contributed by atoms with Gasteiger partial charge in [-0.25, -0.2) is 0 Å². The van der Waals surface area contributed by atoms with Crippen LogP contribution in [0.5, 0.6) is 5.75 Å². The van der Waals surface area contributed by atoms with Gasteiger partial charge in [-0.05, 0) is 24.3 Å². The molecule has 3 rings (SSSR count). The number of benzene rings is 1. The lowest BCUT2D eigenvalue weighted by atomic mass is 9.91. The SMILES string of the molecule is COc1cccc(C#CC2(O)CCN(C(=O)c3ccoc3)CC2)c1. The van der Waals surface area contributed by atoms with Crippen LogP contribution in [0.3, 0.4) is 0 Å². The molecule has 0 aliphatic carbocycles. The number of rotatable bonds is 2. The molecule has 1 N–H and O–H groups in total. The highest BCUT2D eigenvalue weighted by Gasteiger charge is 2.32. The summed E-state index contributed by atoms with van der Waals surface area (Å²) in [4.78, 5) is 14.0. The number of hydrogen-bond donors (Lipinski definition) is 1. The van der Waals surface area contributed by atoms with E-state index in [1.165, 1.54) is 12.5 Å². The molecule has 0 atom stereocenters. The van der Waals surface area contributed by atoms with Gasteiger partial charge in [0.2, 0.25) is 0 Å². The summed E-state index contributed by atoms with van der Waals surface area (Å²) in [6.07, 6.45) is 3.76. The average Bonchev–Trinajstić information content (AvgIpc) is 3.15. The van der Waals surface area contributed by atoms with Crippen LogP contribution in [0.1, 0.15) is 28.8 Å². The molecule has 5 heteroatoms. The first-order valence-electron chi connectivity index (χ1n) is 7.81. The molecule has 1 aromatic carbocycles. The molecule has 1 aliphatic rings. The van der Waals surface area contributed by atoms with Crippen molar-refractivity contribution >= 4 is 5.91 Å². The van der Waals surface area contributed by atoms with Crippen molar-refractivity contribution in [3.8, 4) is 17.6 Å². The predicted molar refractivity (Wildman–Crippen MR) is 88.7 cm³/mol. The van der Waals surface area contributed by atoms with E-state index in [0.717, 1.165) is 11.3 Å². The Morgan fingerprint density at radius 3 is 2.79 bits per heavy atom. The molecule has 24 heavy (non-hydrogen) atoms. The molecule has 0 bridgehead atoms. The van der Waals surface area contributed by atoms with Crippen molar-refractivity contribution in [2.75, 3.05) is 20.2 Å². The van der Waals surface area contributed by atoms with Crippen molar-refractivity contribution in [2.45, 2.75) is 18.4 Å². The van der Waals surface area contributed by atoms with E-state index in [1.807, 2.05) is 24.3 Å². The van der Waals surface area contributed by atoms with E-state index in [0.29, 0.717) is 31.5 Å². The number of piperidine rings is 1. The van der Waals surface area contributed by atoms with Crippen LogP contribution in [0.25, 0.3) is 0 Å². The topological polar surface area (TPSA) is 62.9 Å². The van der Waals surface area contributed by atoms with Gasteiger partial charge in [0, 0.05) is 31.5 Å². The van der Waals surface area contributed by atoms with Gasteiger partial charge in [-0.15, -0.1) is 0 Å². The minimum Gasteiger partial charge on any atom is -0.497 e. The van der Waals surface area contributed by atoms with E-state index in [9.17, 15) is 9.90 Å². The van der Waals surface area contributed by atoms with E-state index >= 15 is 0 Å². The maximum absolute atomic E-state index is 12.3. The highest BCUT2D eigenvalue weighted by Crippen LogP contribution is 2.23. The fourth-order valence-electron chi connectivity index (χ4n) is 2.66. The molecule has 1 fully saturated rings. The molecule has 5 nitrogen and oxygen atoms in total. The summed E-state index contributed by atoms with van der Waals surface area (Å²) in [7, 11) is 1.60. The number of amides is 1. The Kier molecular flexibility index (Phi) is 4.59. The van der Waals surface area contributed by atoms with Crippen LogP contribution in [0, 0.1) is 11.8 Å². The molecule has 2 aromatic rings. The van der Waals surface area contributed by atoms with Crippen molar-refractivity contribution < 1.29 is 19.1 Å². The van der Waals surface area contributed by atoms with Gasteiger partial charge in [0.25, 0.3) is 5.91 Å². The van der Waals surface area contributed by atoms with Crippen LogP contribution < -0.4 is 4.74 Å². The summed E-state index contributed by atoms with van der Waals surface area (Å²) < 4.78 is 10.1. The number of carbonyl (C=O) groups excluding carboxylic acids is 1. The number of likely N-dealkylation sites (tertiary alicyclic amines) is 1. The first-order valence-corrected chi connectivity index (χ1v) is 7.81. The molecule has 0 spiro atoms. The van der Waals surface area contributed by atoms with Crippen LogP contribution >= 0.6 is 0 Å². The molecule has 0 unspecified atom stereocenters. The van der Waals surface area contributed by atoms with Gasteiger partial charge in [-0.2, -0.15) is 0 Å². The van der Waals surface area contributed by atoms with E-state index < -0.39 is 5.60 Å². The zero-order valence-corrected chi connectivity index (χ0v) is 13.5. The lowest BCUT2D eigenvalue weighted by molar-refractivity contribution is 0.0248. The normalized spacial score (nSPS) is 16.2. The summed E-state index contributed by atoms with van der Waals surface area (Å²) in [5, 5.41) is 10.6. The Morgan fingerprint density at radius 1 is 1.33 bits per heavy atom. The summed E-state index contributed by atoms with van der Waals surface area (Å²) in [5.41, 5.74) is 0.249.